The highest BCUT2D eigenvalue weighted by atomic mass is 16.2. The number of hydrogen-bond acceptors (Lipinski definition) is 4. The summed E-state index contributed by atoms with van der Waals surface area (Å²) in [5.41, 5.74) is 2.51. The molecule has 1 heterocycles. The molecule has 7 nitrogen and oxygen atoms in total. The molecule has 0 aromatic heterocycles. The number of carbonyl (C=O) groups excluding carboxylic acids is 3. The van der Waals surface area contributed by atoms with Gasteiger partial charge in [-0.15, -0.1) is 0 Å². The molecule has 2 aromatic rings. The minimum absolute atomic E-state index is 0.0370. The fourth-order valence-electron chi connectivity index (χ4n) is 3.40. The summed E-state index contributed by atoms with van der Waals surface area (Å²) in [5.74, 6) is -0.320. The van der Waals surface area contributed by atoms with Crippen molar-refractivity contribution in [1.29, 1.82) is 0 Å². The Balaban J connectivity index is 1.52. The second-order valence-electron chi connectivity index (χ2n) is 7.27. The normalized spacial score (nSPS) is 13.4. The standard InChI is InChI=1S/C23H28N4O3/c1-2-24-22(29)17-9-11-19(12-10-17)26-21(28)16-25-20-8-6-7-18(15-20)23(30)27-13-4-3-5-14-27/h6-12,15,25H,2-5,13-14,16H2,1H3,(H,24,29)(H,26,28). The Labute approximate surface area is 176 Å². The van der Waals surface area contributed by atoms with E-state index < -0.39 is 0 Å². The first-order valence-corrected chi connectivity index (χ1v) is 10.4. The summed E-state index contributed by atoms with van der Waals surface area (Å²) in [6, 6.07) is 14.0. The van der Waals surface area contributed by atoms with Gasteiger partial charge in [-0.1, -0.05) is 6.07 Å². The average molecular weight is 409 g/mol. The van der Waals surface area contributed by atoms with Crippen molar-refractivity contribution >= 4 is 29.1 Å². The van der Waals surface area contributed by atoms with E-state index >= 15 is 0 Å². The molecule has 0 unspecified atom stereocenters. The van der Waals surface area contributed by atoms with Gasteiger partial charge in [0.2, 0.25) is 5.91 Å². The van der Waals surface area contributed by atoms with Crippen molar-refractivity contribution in [3.05, 3.63) is 59.7 Å². The Morgan fingerprint density at radius 3 is 2.33 bits per heavy atom. The smallest absolute Gasteiger partial charge is 0.253 e. The van der Waals surface area contributed by atoms with Gasteiger partial charge < -0.3 is 20.9 Å². The fourth-order valence-corrected chi connectivity index (χ4v) is 3.40. The number of piperidine rings is 1. The SMILES string of the molecule is CCNC(=O)c1ccc(NC(=O)CNc2cccc(C(=O)N3CCCCC3)c2)cc1. The molecule has 0 spiro atoms. The lowest BCUT2D eigenvalue weighted by Crippen LogP contribution is -2.35. The van der Waals surface area contributed by atoms with Gasteiger partial charge in [-0.3, -0.25) is 14.4 Å². The van der Waals surface area contributed by atoms with Gasteiger partial charge >= 0.3 is 0 Å². The summed E-state index contributed by atoms with van der Waals surface area (Å²) < 4.78 is 0. The molecule has 2 aromatic carbocycles. The molecule has 158 valence electrons. The van der Waals surface area contributed by atoms with Crippen molar-refractivity contribution in [2.45, 2.75) is 26.2 Å². The van der Waals surface area contributed by atoms with Crippen LogP contribution in [-0.4, -0.2) is 48.8 Å². The molecule has 0 saturated carbocycles. The van der Waals surface area contributed by atoms with Crippen LogP contribution in [0.1, 0.15) is 46.9 Å². The number of carbonyl (C=O) groups is 3. The van der Waals surface area contributed by atoms with Crippen LogP contribution in [0.15, 0.2) is 48.5 Å². The van der Waals surface area contributed by atoms with Gasteiger partial charge in [-0.2, -0.15) is 0 Å². The largest absolute Gasteiger partial charge is 0.376 e. The Hall–Kier alpha value is -3.35. The molecule has 0 aliphatic carbocycles. The van der Waals surface area contributed by atoms with E-state index in [0.29, 0.717) is 23.4 Å². The number of rotatable bonds is 7. The van der Waals surface area contributed by atoms with Crippen LogP contribution in [0.25, 0.3) is 0 Å². The molecule has 1 fully saturated rings. The van der Waals surface area contributed by atoms with Gasteiger partial charge in [-0.25, -0.2) is 0 Å². The maximum Gasteiger partial charge on any atom is 0.253 e. The van der Waals surface area contributed by atoms with Gasteiger partial charge in [0.25, 0.3) is 11.8 Å². The van der Waals surface area contributed by atoms with E-state index in [2.05, 4.69) is 16.0 Å². The van der Waals surface area contributed by atoms with Crippen molar-refractivity contribution in [3.63, 3.8) is 0 Å². The first-order chi connectivity index (χ1) is 14.6. The van der Waals surface area contributed by atoms with E-state index in [1.807, 2.05) is 24.0 Å². The Morgan fingerprint density at radius 2 is 1.63 bits per heavy atom. The first-order valence-electron chi connectivity index (χ1n) is 10.4. The zero-order valence-corrected chi connectivity index (χ0v) is 17.2. The molecule has 30 heavy (non-hydrogen) atoms. The third kappa shape index (κ3) is 5.83. The molecule has 3 rings (SSSR count). The molecule has 0 radical (unpaired) electrons. The van der Waals surface area contributed by atoms with Gasteiger partial charge in [0.05, 0.1) is 6.54 Å². The molecule has 1 saturated heterocycles. The molecular weight excluding hydrogens is 380 g/mol. The summed E-state index contributed by atoms with van der Waals surface area (Å²) in [5, 5.41) is 8.58. The van der Waals surface area contributed by atoms with E-state index in [9.17, 15) is 14.4 Å². The molecule has 7 heteroatoms. The van der Waals surface area contributed by atoms with Crippen LogP contribution in [0.3, 0.4) is 0 Å². The van der Waals surface area contributed by atoms with E-state index in [4.69, 9.17) is 0 Å². The minimum Gasteiger partial charge on any atom is -0.376 e. The molecule has 1 aliphatic rings. The Bertz CT molecular complexity index is 890. The van der Waals surface area contributed by atoms with Crippen LogP contribution >= 0.6 is 0 Å². The summed E-state index contributed by atoms with van der Waals surface area (Å²) in [4.78, 5) is 38.6. The lowest BCUT2D eigenvalue weighted by molar-refractivity contribution is -0.114. The van der Waals surface area contributed by atoms with Gasteiger partial charge in [0, 0.05) is 42.1 Å². The molecule has 1 aliphatic heterocycles. The summed E-state index contributed by atoms with van der Waals surface area (Å²) in [6.07, 6.45) is 3.28. The zero-order chi connectivity index (χ0) is 21.3. The summed E-state index contributed by atoms with van der Waals surface area (Å²) >= 11 is 0. The van der Waals surface area contributed by atoms with Crippen LogP contribution < -0.4 is 16.0 Å². The quantitative estimate of drug-likeness (QED) is 0.657. The van der Waals surface area contributed by atoms with Gasteiger partial charge in [0.15, 0.2) is 0 Å². The number of amides is 3. The second kappa shape index (κ2) is 10.4. The number of anilines is 2. The van der Waals surface area contributed by atoms with Crippen molar-refractivity contribution in [2.75, 3.05) is 36.8 Å². The second-order valence-corrected chi connectivity index (χ2v) is 7.27. The van der Waals surface area contributed by atoms with Crippen molar-refractivity contribution in [1.82, 2.24) is 10.2 Å². The highest BCUT2D eigenvalue weighted by molar-refractivity contribution is 5.97. The van der Waals surface area contributed by atoms with E-state index in [1.54, 1.807) is 36.4 Å². The molecule has 3 N–H and O–H groups in total. The highest BCUT2D eigenvalue weighted by Gasteiger charge is 2.18. The molecular formula is C23H28N4O3. The van der Waals surface area contributed by atoms with Crippen LogP contribution in [0, 0.1) is 0 Å². The van der Waals surface area contributed by atoms with Gasteiger partial charge in [-0.05, 0) is 68.7 Å². The predicted octanol–water partition coefficient (Wildman–Crippen LogP) is 3.11. The third-order valence-electron chi connectivity index (χ3n) is 4.97. The minimum atomic E-state index is -0.214. The highest BCUT2D eigenvalue weighted by Crippen LogP contribution is 2.16. The number of nitrogens with zero attached hydrogens (tertiary/aromatic N) is 1. The van der Waals surface area contributed by atoms with Crippen LogP contribution in [0.4, 0.5) is 11.4 Å². The van der Waals surface area contributed by atoms with Crippen LogP contribution in [-0.2, 0) is 4.79 Å². The lowest BCUT2D eigenvalue weighted by atomic mass is 10.1. The van der Waals surface area contributed by atoms with Gasteiger partial charge in [0.1, 0.15) is 0 Å². The van der Waals surface area contributed by atoms with Crippen LogP contribution in [0.5, 0.6) is 0 Å². The average Bonchev–Trinajstić information content (AvgIpc) is 2.78. The van der Waals surface area contributed by atoms with Crippen molar-refractivity contribution < 1.29 is 14.4 Å². The fraction of sp³-hybridized carbons (Fsp3) is 0.348. The number of benzene rings is 2. The molecule has 0 atom stereocenters. The van der Waals surface area contributed by atoms with Crippen molar-refractivity contribution in [2.24, 2.45) is 0 Å². The van der Waals surface area contributed by atoms with Crippen molar-refractivity contribution in [3.8, 4) is 0 Å². The first kappa shape index (κ1) is 21.4. The predicted molar refractivity (Wildman–Crippen MR) is 118 cm³/mol. The maximum absolute atomic E-state index is 12.6. The van der Waals surface area contributed by atoms with E-state index in [0.717, 1.165) is 31.6 Å². The summed E-state index contributed by atoms with van der Waals surface area (Å²) in [7, 11) is 0. The number of hydrogen-bond donors (Lipinski definition) is 3. The lowest BCUT2D eigenvalue weighted by Gasteiger charge is -2.26. The van der Waals surface area contributed by atoms with E-state index in [1.165, 1.54) is 6.42 Å². The number of nitrogens with one attached hydrogen (secondary N) is 3. The zero-order valence-electron chi connectivity index (χ0n) is 17.2. The topological polar surface area (TPSA) is 90.5 Å². The third-order valence-corrected chi connectivity index (χ3v) is 4.97. The van der Waals surface area contributed by atoms with Crippen LogP contribution in [0.2, 0.25) is 0 Å². The summed E-state index contributed by atoms with van der Waals surface area (Å²) in [6.45, 7) is 4.10. The maximum atomic E-state index is 12.6. The monoisotopic (exact) mass is 408 g/mol. The van der Waals surface area contributed by atoms with E-state index in [-0.39, 0.29) is 24.3 Å². The molecule has 3 amide bonds. The Kier molecular flexibility index (Phi) is 7.43. The Morgan fingerprint density at radius 1 is 0.900 bits per heavy atom. The number of likely N-dealkylation sites (tertiary alicyclic amines) is 1. The molecule has 0 bridgehead atoms.